The molecule has 7 heteroatoms. The Balaban J connectivity index is 1.42. The second kappa shape index (κ2) is 8.01. The molecule has 7 nitrogen and oxygen atoms in total. The maximum Gasteiger partial charge on any atom is 0.275 e. The van der Waals surface area contributed by atoms with Crippen LogP contribution in [0.15, 0.2) is 29.1 Å². The SMILES string of the molecule is CCC1CNNC1C1CCN(C(=O)Cn2nc(C)c3ccccc3c2=O)CC1. The predicted molar refractivity (Wildman–Crippen MR) is 109 cm³/mol. The highest BCUT2D eigenvalue weighted by Crippen LogP contribution is 2.28. The molecule has 0 spiro atoms. The average molecular weight is 383 g/mol. The van der Waals surface area contributed by atoms with E-state index in [1.165, 1.54) is 11.1 Å². The van der Waals surface area contributed by atoms with Crippen LogP contribution in [0.3, 0.4) is 0 Å². The van der Waals surface area contributed by atoms with Gasteiger partial charge in [-0.1, -0.05) is 31.5 Å². The Hall–Kier alpha value is -2.25. The molecule has 3 heterocycles. The van der Waals surface area contributed by atoms with Gasteiger partial charge in [-0.3, -0.25) is 20.4 Å². The van der Waals surface area contributed by atoms with E-state index in [9.17, 15) is 9.59 Å². The summed E-state index contributed by atoms with van der Waals surface area (Å²) in [5.41, 5.74) is 7.29. The molecule has 2 aromatic rings. The Bertz CT molecular complexity index is 917. The zero-order valence-corrected chi connectivity index (χ0v) is 16.6. The first-order valence-electron chi connectivity index (χ1n) is 10.3. The normalized spacial score (nSPS) is 23.4. The lowest BCUT2D eigenvalue weighted by Crippen LogP contribution is -2.47. The van der Waals surface area contributed by atoms with Crippen LogP contribution in [0, 0.1) is 18.8 Å². The van der Waals surface area contributed by atoms with Crippen LogP contribution in [0.25, 0.3) is 10.8 Å². The highest BCUT2D eigenvalue weighted by molar-refractivity contribution is 5.83. The quantitative estimate of drug-likeness (QED) is 0.835. The van der Waals surface area contributed by atoms with Crippen LogP contribution in [0.4, 0.5) is 0 Å². The number of rotatable bonds is 4. The molecule has 2 aliphatic rings. The van der Waals surface area contributed by atoms with Crippen molar-refractivity contribution in [3.05, 3.63) is 40.3 Å². The van der Waals surface area contributed by atoms with Crippen molar-refractivity contribution in [2.24, 2.45) is 11.8 Å². The Morgan fingerprint density at radius 3 is 2.64 bits per heavy atom. The number of benzene rings is 1. The van der Waals surface area contributed by atoms with E-state index in [2.05, 4.69) is 22.9 Å². The van der Waals surface area contributed by atoms with Crippen LogP contribution < -0.4 is 16.4 Å². The average Bonchev–Trinajstić information content (AvgIpc) is 3.21. The summed E-state index contributed by atoms with van der Waals surface area (Å²) in [4.78, 5) is 27.4. The minimum absolute atomic E-state index is 0.00991. The van der Waals surface area contributed by atoms with Crippen LogP contribution in [-0.2, 0) is 11.3 Å². The van der Waals surface area contributed by atoms with E-state index in [0.29, 0.717) is 23.3 Å². The minimum Gasteiger partial charge on any atom is -0.341 e. The second-order valence-corrected chi connectivity index (χ2v) is 8.03. The van der Waals surface area contributed by atoms with Gasteiger partial charge in [-0.25, -0.2) is 4.68 Å². The smallest absolute Gasteiger partial charge is 0.275 e. The highest BCUT2D eigenvalue weighted by atomic mass is 16.2. The number of amides is 1. The van der Waals surface area contributed by atoms with Crippen molar-refractivity contribution in [1.82, 2.24) is 25.5 Å². The van der Waals surface area contributed by atoms with E-state index in [0.717, 1.165) is 43.6 Å². The number of aromatic nitrogens is 2. The van der Waals surface area contributed by atoms with Gasteiger partial charge in [-0.15, -0.1) is 0 Å². The van der Waals surface area contributed by atoms with Gasteiger partial charge in [0.2, 0.25) is 5.91 Å². The summed E-state index contributed by atoms with van der Waals surface area (Å²) in [6.07, 6.45) is 3.17. The van der Waals surface area contributed by atoms with E-state index < -0.39 is 0 Å². The van der Waals surface area contributed by atoms with Crippen LogP contribution in [0.1, 0.15) is 31.9 Å². The van der Waals surface area contributed by atoms with Crippen molar-refractivity contribution >= 4 is 16.7 Å². The molecular weight excluding hydrogens is 354 g/mol. The van der Waals surface area contributed by atoms with Crippen LogP contribution >= 0.6 is 0 Å². The van der Waals surface area contributed by atoms with Crippen molar-refractivity contribution < 1.29 is 4.79 Å². The monoisotopic (exact) mass is 383 g/mol. The number of likely N-dealkylation sites (tertiary alicyclic amines) is 1. The number of nitrogens with one attached hydrogen (secondary N) is 2. The summed E-state index contributed by atoms with van der Waals surface area (Å²) < 4.78 is 1.32. The third kappa shape index (κ3) is 3.56. The number of carbonyl (C=O) groups excluding carboxylic acids is 1. The zero-order chi connectivity index (χ0) is 19.7. The summed E-state index contributed by atoms with van der Waals surface area (Å²) >= 11 is 0. The molecule has 2 unspecified atom stereocenters. The Kier molecular flexibility index (Phi) is 5.46. The molecule has 1 aromatic heterocycles. The molecular formula is C21H29N5O2. The molecule has 2 fully saturated rings. The first-order chi connectivity index (χ1) is 13.6. The lowest BCUT2D eigenvalue weighted by molar-refractivity contribution is -0.133. The van der Waals surface area contributed by atoms with Crippen molar-refractivity contribution in [3.63, 3.8) is 0 Å². The van der Waals surface area contributed by atoms with E-state index in [1.54, 1.807) is 6.07 Å². The lowest BCUT2D eigenvalue weighted by Gasteiger charge is -2.36. The van der Waals surface area contributed by atoms with Gasteiger partial charge in [0.05, 0.1) is 11.1 Å². The number of aryl methyl sites for hydroxylation is 1. The number of hydrogen-bond acceptors (Lipinski definition) is 5. The van der Waals surface area contributed by atoms with Gasteiger partial charge >= 0.3 is 0 Å². The Morgan fingerprint density at radius 1 is 1.21 bits per heavy atom. The van der Waals surface area contributed by atoms with E-state index >= 15 is 0 Å². The molecule has 2 saturated heterocycles. The molecule has 1 aromatic carbocycles. The first kappa shape index (κ1) is 19.1. The molecule has 0 aliphatic carbocycles. The third-order valence-corrected chi connectivity index (χ3v) is 6.40. The van der Waals surface area contributed by atoms with Gasteiger partial charge in [0.1, 0.15) is 6.54 Å². The van der Waals surface area contributed by atoms with Crippen molar-refractivity contribution in [1.29, 1.82) is 0 Å². The number of piperidine rings is 1. The molecule has 0 radical (unpaired) electrons. The Labute approximate surface area is 165 Å². The second-order valence-electron chi connectivity index (χ2n) is 8.03. The lowest BCUT2D eigenvalue weighted by atomic mass is 9.82. The highest BCUT2D eigenvalue weighted by Gasteiger charge is 2.35. The van der Waals surface area contributed by atoms with Crippen molar-refractivity contribution in [2.45, 2.75) is 45.7 Å². The summed E-state index contributed by atoms with van der Waals surface area (Å²) in [5, 5.41) is 5.84. The third-order valence-electron chi connectivity index (χ3n) is 6.40. The summed E-state index contributed by atoms with van der Waals surface area (Å²) in [6, 6.07) is 7.93. The molecule has 0 bridgehead atoms. The first-order valence-corrected chi connectivity index (χ1v) is 10.3. The number of carbonyl (C=O) groups is 1. The van der Waals surface area contributed by atoms with E-state index in [-0.39, 0.29) is 18.0 Å². The number of hydrazine groups is 1. The summed E-state index contributed by atoms with van der Waals surface area (Å²) in [6.45, 7) is 6.65. The summed E-state index contributed by atoms with van der Waals surface area (Å²) in [5.74, 6) is 1.23. The maximum absolute atomic E-state index is 12.8. The van der Waals surface area contributed by atoms with Gasteiger partial charge in [-0.2, -0.15) is 5.10 Å². The topological polar surface area (TPSA) is 79.3 Å². The molecule has 2 atom stereocenters. The molecule has 150 valence electrons. The fraction of sp³-hybridized carbons (Fsp3) is 0.571. The van der Waals surface area contributed by atoms with Gasteiger partial charge in [-0.05, 0) is 37.7 Å². The number of nitrogens with zero attached hydrogens (tertiary/aromatic N) is 3. The fourth-order valence-corrected chi connectivity index (χ4v) is 4.70. The van der Waals surface area contributed by atoms with Crippen molar-refractivity contribution in [2.75, 3.05) is 19.6 Å². The largest absolute Gasteiger partial charge is 0.341 e. The van der Waals surface area contributed by atoms with Gasteiger partial charge in [0.15, 0.2) is 0 Å². The molecule has 1 amide bonds. The van der Waals surface area contributed by atoms with Gasteiger partial charge in [0, 0.05) is 31.1 Å². The maximum atomic E-state index is 12.8. The molecule has 28 heavy (non-hydrogen) atoms. The molecule has 0 saturated carbocycles. The zero-order valence-electron chi connectivity index (χ0n) is 16.6. The molecule has 4 rings (SSSR count). The number of fused-ring (bicyclic) bond motifs is 1. The van der Waals surface area contributed by atoms with E-state index in [4.69, 9.17) is 0 Å². The van der Waals surface area contributed by atoms with Crippen molar-refractivity contribution in [3.8, 4) is 0 Å². The number of hydrogen-bond donors (Lipinski definition) is 2. The standard InChI is InChI=1S/C21H29N5O2/c1-3-15-12-22-23-20(15)16-8-10-25(11-9-16)19(27)13-26-21(28)18-7-5-4-6-17(18)14(2)24-26/h4-7,15-16,20,22-23H,3,8-13H2,1-2H3. The van der Waals surface area contributed by atoms with Crippen LogP contribution in [0.2, 0.25) is 0 Å². The minimum atomic E-state index is -0.198. The molecule has 2 aliphatic heterocycles. The summed E-state index contributed by atoms with van der Waals surface area (Å²) in [7, 11) is 0. The van der Waals surface area contributed by atoms with Crippen LogP contribution in [-0.4, -0.2) is 46.3 Å². The van der Waals surface area contributed by atoms with Gasteiger partial charge < -0.3 is 4.90 Å². The van der Waals surface area contributed by atoms with Gasteiger partial charge in [0.25, 0.3) is 5.56 Å². The van der Waals surface area contributed by atoms with E-state index in [1.807, 2.05) is 30.0 Å². The molecule has 2 N–H and O–H groups in total. The van der Waals surface area contributed by atoms with Crippen LogP contribution in [0.5, 0.6) is 0 Å². The predicted octanol–water partition coefficient (Wildman–Crippen LogP) is 1.45. The fourth-order valence-electron chi connectivity index (χ4n) is 4.70. The Morgan fingerprint density at radius 2 is 1.93 bits per heavy atom.